The molecule has 3 nitrogen and oxygen atoms in total. The topological polar surface area (TPSA) is 27.6 Å². The first-order valence-electron chi connectivity index (χ1n) is 3.01. The molecule has 2 aliphatic rings. The van der Waals surface area contributed by atoms with Crippen molar-refractivity contribution in [1.82, 2.24) is 8.43 Å². The minimum absolute atomic E-state index is 0.948. The molecular weight excluding hydrogens is 241 g/mol. The second-order valence-corrected chi connectivity index (χ2v) is 3.24. The molecule has 0 atom stereocenters. The Morgan fingerprint density at radius 3 is 3.40 bits per heavy atom. The van der Waals surface area contributed by atoms with E-state index in [9.17, 15) is 0 Å². The highest BCUT2D eigenvalue weighted by molar-refractivity contribution is 14.1. The molecule has 0 amide bonds. The number of nitrogens with zero attached hydrogens (tertiary/aromatic N) is 2. The average molecular weight is 247 g/mol. The van der Waals surface area contributed by atoms with Crippen LogP contribution in [0.1, 0.15) is 0 Å². The van der Waals surface area contributed by atoms with Crippen LogP contribution in [0.15, 0.2) is 29.2 Å². The quantitative estimate of drug-likeness (QED) is 0.511. The Labute approximate surface area is 73.0 Å². The minimum atomic E-state index is 0.948. The van der Waals surface area contributed by atoms with Crippen molar-refractivity contribution in [1.29, 1.82) is 0 Å². The van der Waals surface area contributed by atoms with E-state index in [0.29, 0.717) is 0 Å². The Morgan fingerprint density at radius 2 is 2.60 bits per heavy atom. The van der Waals surface area contributed by atoms with Crippen LogP contribution in [0.4, 0.5) is 0 Å². The lowest BCUT2D eigenvalue weighted by molar-refractivity contribution is 0.837. The number of aliphatic imine (C=N–C) groups is 1. The number of hydrogen-bond acceptors (Lipinski definition) is 3. The fourth-order valence-corrected chi connectivity index (χ4v) is 1.55. The van der Waals surface area contributed by atoms with Crippen molar-refractivity contribution in [2.75, 3.05) is 6.54 Å². The fourth-order valence-electron chi connectivity index (χ4n) is 0.970. The van der Waals surface area contributed by atoms with Crippen LogP contribution in [0.5, 0.6) is 0 Å². The van der Waals surface area contributed by atoms with Crippen molar-refractivity contribution in [3.63, 3.8) is 0 Å². The standard InChI is InChI=1S/C6H6IN3/c7-10-4-1-5-6(10)9-3-2-8-5/h1-3,8H,4H2. The van der Waals surface area contributed by atoms with E-state index < -0.39 is 0 Å². The molecule has 2 aliphatic heterocycles. The molecule has 0 unspecified atom stereocenters. The zero-order valence-electron chi connectivity index (χ0n) is 5.21. The van der Waals surface area contributed by atoms with Gasteiger partial charge in [-0.25, -0.2) is 4.99 Å². The summed E-state index contributed by atoms with van der Waals surface area (Å²) >= 11 is 2.24. The van der Waals surface area contributed by atoms with E-state index in [1.807, 2.05) is 6.20 Å². The maximum absolute atomic E-state index is 4.20. The molecule has 0 aromatic heterocycles. The zero-order chi connectivity index (χ0) is 6.97. The van der Waals surface area contributed by atoms with E-state index >= 15 is 0 Å². The lowest BCUT2D eigenvalue weighted by Crippen LogP contribution is -2.22. The van der Waals surface area contributed by atoms with Gasteiger partial charge in [0.15, 0.2) is 5.84 Å². The molecule has 1 N–H and O–H groups in total. The van der Waals surface area contributed by atoms with Gasteiger partial charge in [0.2, 0.25) is 0 Å². The Kier molecular flexibility index (Phi) is 1.40. The highest BCUT2D eigenvalue weighted by Gasteiger charge is 2.19. The second kappa shape index (κ2) is 2.26. The van der Waals surface area contributed by atoms with Crippen molar-refractivity contribution >= 4 is 28.7 Å². The summed E-state index contributed by atoms with van der Waals surface area (Å²) in [7, 11) is 0. The van der Waals surface area contributed by atoms with E-state index in [0.717, 1.165) is 18.1 Å². The van der Waals surface area contributed by atoms with Gasteiger partial charge in [-0.1, -0.05) is 0 Å². The van der Waals surface area contributed by atoms with Crippen LogP contribution < -0.4 is 5.32 Å². The number of halogens is 1. The summed E-state index contributed by atoms with van der Waals surface area (Å²) in [6.07, 6.45) is 5.73. The number of rotatable bonds is 0. The van der Waals surface area contributed by atoms with E-state index in [4.69, 9.17) is 0 Å². The van der Waals surface area contributed by atoms with Crippen LogP contribution in [0.25, 0.3) is 0 Å². The summed E-state index contributed by atoms with van der Waals surface area (Å²) in [6.45, 7) is 0.948. The third-order valence-electron chi connectivity index (χ3n) is 1.44. The average Bonchev–Trinajstić information content (AvgIpc) is 2.34. The normalized spacial score (nSPS) is 21.5. The van der Waals surface area contributed by atoms with Gasteiger partial charge >= 0.3 is 0 Å². The third kappa shape index (κ3) is 0.828. The maximum atomic E-state index is 4.20. The third-order valence-corrected chi connectivity index (χ3v) is 2.29. The lowest BCUT2D eigenvalue weighted by Gasteiger charge is -2.13. The fraction of sp³-hybridized carbons (Fsp3) is 0.167. The first-order chi connectivity index (χ1) is 4.88. The largest absolute Gasteiger partial charge is 0.357 e. The predicted octanol–water partition coefficient (Wildman–Crippen LogP) is 1.01. The SMILES string of the molecule is IN1CC=C2NC=CN=C21. The molecule has 4 heteroatoms. The van der Waals surface area contributed by atoms with E-state index in [-0.39, 0.29) is 0 Å². The molecule has 52 valence electrons. The summed E-state index contributed by atoms with van der Waals surface area (Å²) in [5, 5.41) is 3.11. The summed E-state index contributed by atoms with van der Waals surface area (Å²) in [6, 6.07) is 0. The predicted molar refractivity (Wildman–Crippen MR) is 48.5 cm³/mol. The van der Waals surface area contributed by atoms with Crippen molar-refractivity contribution in [3.8, 4) is 0 Å². The summed E-state index contributed by atoms with van der Waals surface area (Å²) in [5.74, 6) is 1.03. The van der Waals surface area contributed by atoms with Crippen LogP contribution in [0.3, 0.4) is 0 Å². The molecule has 0 aromatic rings. The molecule has 0 bridgehead atoms. The van der Waals surface area contributed by atoms with Gasteiger partial charge in [0.25, 0.3) is 0 Å². The van der Waals surface area contributed by atoms with Crippen molar-refractivity contribution < 1.29 is 0 Å². The van der Waals surface area contributed by atoms with Gasteiger partial charge in [0.05, 0.1) is 35.1 Å². The monoisotopic (exact) mass is 247 g/mol. The molecule has 2 heterocycles. The minimum Gasteiger partial charge on any atom is -0.357 e. The van der Waals surface area contributed by atoms with Gasteiger partial charge in [-0.3, -0.25) is 3.11 Å². The van der Waals surface area contributed by atoms with Crippen LogP contribution in [-0.2, 0) is 0 Å². The van der Waals surface area contributed by atoms with E-state index in [1.165, 1.54) is 0 Å². The summed E-state index contributed by atoms with van der Waals surface area (Å²) < 4.78 is 2.07. The van der Waals surface area contributed by atoms with E-state index in [2.05, 4.69) is 42.4 Å². The molecule has 0 aliphatic carbocycles. The van der Waals surface area contributed by atoms with Crippen molar-refractivity contribution in [2.45, 2.75) is 0 Å². The summed E-state index contributed by atoms with van der Waals surface area (Å²) in [4.78, 5) is 4.20. The maximum Gasteiger partial charge on any atom is 0.161 e. The van der Waals surface area contributed by atoms with Crippen LogP contribution in [0.2, 0.25) is 0 Å². The Bertz CT molecular complexity index is 241. The van der Waals surface area contributed by atoms with E-state index in [1.54, 1.807) is 6.20 Å². The smallest absolute Gasteiger partial charge is 0.161 e. The lowest BCUT2D eigenvalue weighted by atomic mass is 10.4. The van der Waals surface area contributed by atoms with Gasteiger partial charge < -0.3 is 5.32 Å². The Hall–Kier alpha value is -0.520. The number of nitrogens with one attached hydrogen (secondary N) is 1. The molecule has 10 heavy (non-hydrogen) atoms. The summed E-state index contributed by atoms with van der Waals surface area (Å²) in [5.41, 5.74) is 1.12. The molecule has 0 radical (unpaired) electrons. The Morgan fingerprint density at radius 1 is 1.70 bits per heavy atom. The van der Waals surface area contributed by atoms with Crippen molar-refractivity contribution in [3.05, 3.63) is 24.2 Å². The second-order valence-electron chi connectivity index (χ2n) is 2.08. The highest BCUT2D eigenvalue weighted by atomic mass is 127. The van der Waals surface area contributed by atoms with Crippen LogP contribution in [-0.4, -0.2) is 15.5 Å². The molecule has 0 spiro atoms. The van der Waals surface area contributed by atoms with Crippen LogP contribution in [0, 0.1) is 0 Å². The van der Waals surface area contributed by atoms with Crippen LogP contribution >= 0.6 is 22.9 Å². The van der Waals surface area contributed by atoms with Crippen molar-refractivity contribution in [2.24, 2.45) is 4.99 Å². The molecule has 0 aromatic carbocycles. The van der Waals surface area contributed by atoms with Gasteiger partial charge in [-0.05, 0) is 6.08 Å². The number of amidine groups is 1. The van der Waals surface area contributed by atoms with Gasteiger partial charge in [0, 0.05) is 12.4 Å². The molecule has 0 saturated heterocycles. The Balaban J connectivity index is 2.37. The molecule has 0 saturated carbocycles. The zero-order valence-corrected chi connectivity index (χ0v) is 7.37. The van der Waals surface area contributed by atoms with Gasteiger partial charge in [-0.2, -0.15) is 0 Å². The van der Waals surface area contributed by atoms with Gasteiger partial charge in [0.1, 0.15) is 0 Å². The highest BCUT2D eigenvalue weighted by Crippen LogP contribution is 2.16. The molecule has 0 fully saturated rings. The number of fused-ring (bicyclic) bond motifs is 1. The number of hydrogen-bond donors (Lipinski definition) is 1. The first-order valence-corrected chi connectivity index (χ1v) is 3.97. The molecular formula is C6H6IN3. The first kappa shape index (κ1) is 6.21. The molecule has 2 rings (SSSR count). The van der Waals surface area contributed by atoms with Gasteiger partial charge in [-0.15, -0.1) is 0 Å².